The van der Waals surface area contributed by atoms with Crippen molar-refractivity contribution in [3.63, 3.8) is 0 Å². The molecule has 0 amide bonds. The van der Waals surface area contributed by atoms with E-state index in [2.05, 4.69) is 41.5 Å². The predicted octanol–water partition coefficient (Wildman–Crippen LogP) is 8.06. The summed E-state index contributed by atoms with van der Waals surface area (Å²) in [5, 5.41) is 0. The zero-order valence-corrected chi connectivity index (χ0v) is 17.0. The van der Waals surface area contributed by atoms with Crippen molar-refractivity contribution in [1.29, 1.82) is 0 Å². The molecule has 0 aromatic carbocycles. The van der Waals surface area contributed by atoms with Crippen LogP contribution in [-0.4, -0.2) is 0 Å². The molecule has 10 rings (SSSR count). The van der Waals surface area contributed by atoms with E-state index in [-0.39, 0.29) is 0 Å². The van der Waals surface area contributed by atoms with Gasteiger partial charge in [0.2, 0.25) is 0 Å². The van der Waals surface area contributed by atoms with Gasteiger partial charge in [-0.05, 0) is 0 Å². The molecule has 0 bridgehead atoms. The van der Waals surface area contributed by atoms with Crippen LogP contribution in [0.1, 0.15) is 80.1 Å². The van der Waals surface area contributed by atoms with Crippen LogP contribution in [0.5, 0.6) is 0 Å². The van der Waals surface area contributed by atoms with Gasteiger partial charge in [-0.1, -0.05) is 0 Å². The summed E-state index contributed by atoms with van der Waals surface area (Å²) < 4.78 is 6.25. The SMILES string of the molecule is CC[C]12[CH]3[C]4(CC)[C]5(CC)[CH]1[Fe]32451678[CH]2[C]1(CC)[CH]6[C]7(CC)[C]28CC. The Bertz CT molecular complexity index is 1070. The van der Waals surface area contributed by atoms with Crippen molar-refractivity contribution < 1.29 is 6.51 Å². The Morgan fingerprint density at radius 2 is 0.739 bits per heavy atom. The van der Waals surface area contributed by atoms with Crippen LogP contribution in [0, 0.1) is 0 Å². The van der Waals surface area contributed by atoms with Gasteiger partial charge in [0, 0.05) is 0 Å². The van der Waals surface area contributed by atoms with Gasteiger partial charge >= 0.3 is 132 Å². The fourth-order valence-electron chi connectivity index (χ4n) is 26.9. The first kappa shape index (κ1) is 11.3. The Balaban J connectivity index is 1.65. The molecule has 8 unspecified atom stereocenters. The molecule has 130 valence electrons. The van der Waals surface area contributed by atoms with Gasteiger partial charge in [0.1, 0.15) is 0 Å². The molecule has 1 heteroatoms. The molecule has 0 N–H and O–H groups in total. The van der Waals surface area contributed by atoms with Gasteiger partial charge < -0.3 is 0 Å². The molecule has 10 heterocycles. The van der Waals surface area contributed by atoms with Gasteiger partial charge in [0.25, 0.3) is 0 Å². The summed E-state index contributed by atoms with van der Waals surface area (Å²) in [6, 6.07) is 0. The van der Waals surface area contributed by atoms with Crippen molar-refractivity contribution in [3.8, 4) is 0 Å². The average Bonchev–Trinajstić information content (AvgIpc) is 3.54. The van der Waals surface area contributed by atoms with Gasteiger partial charge in [-0.2, -0.15) is 0 Å². The zero-order valence-electron chi connectivity index (χ0n) is 15.9. The number of fused-ring (bicyclic) bond motifs is 10. The predicted molar refractivity (Wildman–Crippen MR) is 92.9 cm³/mol. The second-order valence-corrected chi connectivity index (χ2v) is 35.7. The van der Waals surface area contributed by atoms with E-state index in [1.807, 2.05) is 0 Å². The van der Waals surface area contributed by atoms with Gasteiger partial charge in [0.15, 0.2) is 0 Å². The molecule has 10 saturated heterocycles. The molecule has 10 aliphatic heterocycles. The molecule has 0 aliphatic carbocycles. The molecule has 10 fully saturated rings. The maximum atomic E-state index is 2.68. The van der Waals surface area contributed by atoms with Crippen LogP contribution >= 0.6 is 0 Å². The topological polar surface area (TPSA) is 0 Å². The molecular weight excluding hydrogens is 320 g/mol. The van der Waals surface area contributed by atoms with Gasteiger partial charge in [-0.15, -0.1) is 0 Å². The summed E-state index contributed by atoms with van der Waals surface area (Å²) in [6.45, 7) is 12.5. The van der Waals surface area contributed by atoms with E-state index in [4.69, 9.17) is 0 Å². The normalized spacial score (nSPS) is 108. The summed E-state index contributed by atoms with van der Waals surface area (Å²) in [5.74, 6) is 0. The molecule has 0 saturated carbocycles. The molecule has 1 spiro atoms. The summed E-state index contributed by atoms with van der Waals surface area (Å²) in [6.07, 6.45) is 9.82. The fraction of sp³-hybridized carbons (Fsp3) is 1.00. The van der Waals surface area contributed by atoms with Crippen LogP contribution in [0.15, 0.2) is 0 Å². The number of hydrogen-bond donors (Lipinski definition) is 0. The number of hydrogen-bond acceptors (Lipinski definition) is 0. The Kier molecular flexibility index (Phi) is 0.516. The van der Waals surface area contributed by atoms with Crippen LogP contribution < -0.4 is 0 Å². The Morgan fingerprint density at radius 1 is 0.478 bits per heavy atom. The fourth-order valence-corrected chi connectivity index (χ4v) is 120. The van der Waals surface area contributed by atoms with Crippen molar-refractivity contribution >= 4 is 0 Å². The molecule has 8 atom stereocenters. The Morgan fingerprint density at radius 3 is 0.913 bits per heavy atom. The van der Waals surface area contributed by atoms with E-state index in [0.717, 1.165) is 25.9 Å². The van der Waals surface area contributed by atoms with Crippen molar-refractivity contribution in [2.75, 3.05) is 0 Å². The van der Waals surface area contributed by atoms with Crippen LogP contribution in [-0.2, 0) is 6.51 Å². The first-order valence-electron chi connectivity index (χ1n) is 11.1. The van der Waals surface area contributed by atoms with E-state index in [0.29, 0.717) is 0 Å². The third-order valence-electron chi connectivity index (χ3n) is 20.3. The summed E-state index contributed by atoms with van der Waals surface area (Å²) in [4.78, 5) is 5.61. The average molecular weight is 354 g/mol. The third kappa shape index (κ3) is 0.106. The van der Waals surface area contributed by atoms with Gasteiger partial charge in [-0.25, -0.2) is 0 Å². The minimum atomic E-state index is -3.60. The maximum absolute atomic E-state index is 3.60. The summed E-state index contributed by atoms with van der Waals surface area (Å²) in [5.41, 5.74) is 0. The summed E-state index contributed by atoms with van der Waals surface area (Å²) >= 11 is 0. The second-order valence-electron chi connectivity index (χ2n) is 13.2. The number of rotatable bonds is 6. The van der Waals surface area contributed by atoms with Crippen molar-refractivity contribution in [3.05, 3.63) is 0 Å². The van der Waals surface area contributed by atoms with Gasteiger partial charge in [-0.3, -0.25) is 0 Å². The molecular formula is C22H34Fe. The Hall–Kier alpha value is 0.519. The molecule has 0 radical (unpaired) electrons. The van der Waals surface area contributed by atoms with Crippen LogP contribution in [0.4, 0.5) is 0 Å². The van der Waals surface area contributed by atoms with E-state index in [1.54, 1.807) is 38.5 Å². The monoisotopic (exact) mass is 354 g/mol. The van der Waals surface area contributed by atoms with Crippen molar-refractivity contribution in [2.24, 2.45) is 0 Å². The molecule has 0 aromatic heterocycles. The summed E-state index contributed by atoms with van der Waals surface area (Å²) in [7, 11) is 0. The van der Waals surface area contributed by atoms with E-state index >= 15 is 0 Å². The quantitative estimate of drug-likeness (QED) is 0.423. The van der Waals surface area contributed by atoms with Crippen LogP contribution in [0.2, 0.25) is 45.1 Å². The Labute approximate surface area is 131 Å². The zero-order chi connectivity index (χ0) is 15.9. The first-order chi connectivity index (χ1) is 10.9. The van der Waals surface area contributed by atoms with E-state index in [9.17, 15) is 0 Å². The first-order valence-corrected chi connectivity index (χ1v) is 16.9. The van der Waals surface area contributed by atoms with Crippen LogP contribution in [0.25, 0.3) is 0 Å². The third-order valence-corrected chi connectivity index (χ3v) is 69.2. The molecule has 10 aliphatic rings. The minimum absolute atomic E-state index is 1.04. The van der Waals surface area contributed by atoms with Crippen molar-refractivity contribution in [1.82, 2.24) is 0 Å². The van der Waals surface area contributed by atoms with E-state index < -0.39 is 6.51 Å². The van der Waals surface area contributed by atoms with Crippen LogP contribution in [0.3, 0.4) is 0 Å². The molecule has 0 nitrogen and oxygen atoms in total. The second kappa shape index (κ2) is 1.05. The van der Waals surface area contributed by atoms with Gasteiger partial charge in [0.05, 0.1) is 0 Å². The molecule has 23 heavy (non-hydrogen) atoms. The van der Waals surface area contributed by atoms with Crippen molar-refractivity contribution in [2.45, 2.75) is 125 Å². The van der Waals surface area contributed by atoms with E-state index in [1.165, 1.54) is 19.3 Å². The molecule has 0 aromatic rings. The standard InChI is InChI=1S/2C11H17.Fe/c2*1-4-9-7-10(5-2)11(6-3)8-9;/h2*7-8H,4-6H2,1-3H3;.